The third-order valence-electron chi connectivity index (χ3n) is 3.63. The van der Waals surface area contributed by atoms with Gasteiger partial charge in [-0.2, -0.15) is 0 Å². The van der Waals surface area contributed by atoms with Crippen LogP contribution in [-0.2, 0) is 4.74 Å². The average molecular weight is 184 g/mol. The van der Waals surface area contributed by atoms with Gasteiger partial charge in [-0.15, -0.1) is 0 Å². The lowest BCUT2D eigenvalue weighted by atomic mass is 9.85. The summed E-state index contributed by atoms with van der Waals surface area (Å²) in [6.45, 7) is 1.71. The maximum absolute atomic E-state index is 10.1. The van der Waals surface area contributed by atoms with Crippen LogP contribution in [0.5, 0.6) is 0 Å². The highest BCUT2D eigenvalue weighted by Crippen LogP contribution is 2.33. The predicted octanol–water partition coefficient (Wildman–Crippen LogP) is 1.96. The number of ether oxygens (including phenoxy) is 1. The molecule has 0 aromatic heterocycles. The molecule has 2 fully saturated rings. The average Bonchev–Trinajstić information content (AvgIpc) is 2.71. The van der Waals surface area contributed by atoms with Gasteiger partial charge in [0.25, 0.3) is 0 Å². The molecule has 76 valence electrons. The molecule has 13 heavy (non-hydrogen) atoms. The summed E-state index contributed by atoms with van der Waals surface area (Å²) in [4.78, 5) is 0. The highest BCUT2D eigenvalue weighted by atomic mass is 16.5. The molecule has 0 aromatic carbocycles. The smallest absolute Gasteiger partial charge is 0.0598 e. The number of hydrogen-bond acceptors (Lipinski definition) is 2. The van der Waals surface area contributed by atoms with Crippen LogP contribution < -0.4 is 0 Å². The first kappa shape index (κ1) is 9.47. The Labute approximate surface area is 80.3 Å². The lowest BCUT2D eigenvalue weighted by Crippen LogP contribution is -2.32. The molecular weight excluding hydrogens is 164 g/mol. The fraction of sp³-hybridized carbons (Fsp3) is 1.00. The van der Waals surface area contributed by atoms with Crippen LogP contribution in [0, 0.1) is 11.8 Å². The Morgan fingerprint density at radius 1 is 0.923 bits per heavy atom. The maximum Gasteiger partial charge on any atom is 0.0598 e. The van der Waals surface area contributed by atoms with Gasteiger partial charge in [-0.1, -0.05) is 12.8 Å². The van der Waals surface area contributed by atoms with Crippen LogP contribution in [0.3, 0.4) is 0 Å². The van der Waals surface area contributed by atoms with E-state index in [9.17, 15) is 5.11 Å². The molecule has 0 aromatic rings. The zero-order chi connectivity index (χ0) is 9.10. The van der Waals surface area contributed by atoms with E-state index in [-0.39, 0.29) is 6.10 Å². The summed E-state index contributed by atoms with van der Waals surface area (Å²) < 4.78 is 5.30. The predicted molar refractivity (Wildman–Crippen MR) is 51.5 cm³/mol. The van der Waals surface area contributed by atoms with Crippen LogP contribution in [0.4, 0.5) is 0 Å². The molecular formula is C11H20O2. The molecule has 2 nitrogen and oxygen atoms in total. The monoisotopic (exact) mass is 184 g/mol. The summed E-state index contributed by atoms with van der Waals surface area (Å²) in [6, 6.07) is 0. The summed E-state index contributed by atoms with van der Waals surface area (Å²) in [6.07, 6.45) is 7.24. The summed E-state index contributed by atoms with van der Waals surface area (Å²) >= 11 is 0. The zero-order valence-electron chi connectivity index (χ0n) is 8.24. The molecule has 1 saturated heterocycles. The fourth-order valence-electron chi connectivity index (χ4n) is 2.74. The van der Waals surface area contributed by atoms with Crippen molar-refractivity contribution in [3.63, 3.8) is 0 Å². The van der Waals surface area contributed by atoms with Gasteiger partial charge in [-0.3, -0.25) is 0 Å². The molecule has 2 heteroatoms. The topological polar surface area (TPSA) is 29.5 Å². The van der Waals surface area contributed by atoms with Crippen molar-refractivity contribution in [1.29, 1.82) is 0 Å². The highest BCUT2D eigenvalue weighted by Gasteiger charge is 2.30. The lowest BCUT2D eigenvalue weighted by Gasteiger charge is -2.30. The van der Waals surface area contributed by atoms with Crippen molar-refractivity contribution in [2.24, 2.45) is 11.8 Å². The minimum Gasteiger partial charge on any atom is -0.393 e. The van der Waals surface area contributed by atoms with Crippen molar-refractivity contribution in [3.8, 4) is 0 Å². The largest absolute Gasteiger partial charge is 0.393 e. The summed E-state index contributed by atoms with van der Waals surface area (Å²) in [5.41, 5.74) is 0. The van der Waals surface area contributed by atoms with E-state index < -0.39 is 0 Å². The SMILES string of the molecule is OC(C1CCCC1)C1CCOCC1. The van der Waals surface area contributed by atoms with Crippen LogP contribution in [-0.4, -0.2) is 24.4 Å². The van der Waals surface area contributed by atoms with Gasteiger partial charge >= 0.3 is 0 Å². The first-order valence-electron chi connectivity index (χ1n) is 5.64. The first-order valence-corrected chi connectivity index (χ1v) is 5.64. The van der Waals surface area contributed by atoms with E-state index in [0.717, 1.165) is 26.1 Å². The second-order valence-electron chi connectivity index (χ2n) is 4.48. The maximum atomic E-state index is 10.1. The molecule has 1 heterocycles. The third-order valence-corrected chi connectivity index (χ3v) is 3.63. The Kier molecular flexibility index (Phi) is 3.23. The van der Waals surface area contributed by atoms with E-state index >= 15 is 0 Å². The van der Waals surface area contributed by atoms with E-state index in [1.165, 1.54) is 25.7 Å². The molecule has 0 amide bonds. The summed E-state index contributed by atoms with van der Waals surface area (Å²) in [5.74, 6) is 1.12. The molecule has 2 aliphatic rings. The van der Waals surface area contributed by atoms with Gasteiger partial charge in [0.05, 0.1) is 6.10 Å². The van der Waals surface area contributed by atoms with Gasteiger partial charge < -0.3 is 9.84 Å². The third kappa shape index (κ3) is 2.23. The molecule has 1 aliphatic carbocycles. The summed E-state index contributed by atoms with van der Waals surface area (Å²) in [7, 11) is 0. The van der Waals surface area contributed by atoms with E-state index in [1.807, 2.05) is 0 Å². The van der Waals surface area contributed by atoms with Crippen molar-refractivity contribution >= 4 is 0 Å². The number of aliphatic hydroxyl groups excluding tert-OH is 1. The van der Waals surface area contributed by atoms with Crippen molar-refractivity contribution in [1.82, 2.24) is 0 Å². The van der Waals surface area contributed by atoms with E-state index in [2.05, 4.69) is 0 Å². The van der Waals surface area contributed by atoms with Crippen LogP contribution in [0.15, 0.2) is 0 Å². The Bertz CT molecular complexity index is 146. The molecule has 0 bridgehead atoms. The molecule has 1 atom stereocenters. The van der Waals surface area contributed by atoms with Crippen LogP contribution in [0.1, 0.15) is 38.5 Å². The molecule has 1 saturated carbocycles. The normalized spacial score (nSPS) is 29.3. The van der Waals surface area contributed by atoms with Crippen LogP contribution in [0.25, 0.3) is 0 Å². The zero-order valence-corrected chi connectivity index (χ0v) is 8.24. The van der Waals surface area contributed by atoms with Crippen molar-refractivity contribution in [2.75, 3.05) is 13.2 Å². The Hall–Kier alpha value is -0.0800. The number of rotatable bonds is 2. The Balaban J connectivity index is 1.83. The first-order chi connectivity index (χ1) is 6.38. The minimum absolute atomic E-state index is 0.0357. The number of aliphatic hydroxyl groups is 1. The Morgan fingerprint density at radius 2 is 1.46 bits per heavy atom. The molecule has 1 aliphatic heterocycles. The molecule has 0 spiro atoms. The van der Waals surface area contributed by atoms with E-state index in [4.69, 9.17) is 4.74 Å². The second-order valence-corrected chi connectivity index (χ2v) is 4.48. The van der Waals surface area contributed by atoms with E-state index in [1.54, 1.807) is 0 Å². The van der Waals surface area contributed by atoms with Gasteiger partial charge in [0.1, 0.15) is 0 Å². The van der Waals surface area contributed by atoms with Crippen molar-refractivity contribution < 1.29 is 9.84 Å². The number of hydrogen-bond donors (Lipinski definition) is 1. The van der Waals surface area contributed by atoms with Crippen LogP contribution in [0.2, 0.25) is 0 Å². The Morgan fingerprint density at radius 3 is 2.08 bits per heavy atom. The summed E-state index contributed by atoms with van der Waals surface area (Å²) in [5, 5.41) is 10.1. The standard InChI is InChI=1S/C11H20O2/c12-11(9-3-1-2-4-9)10-5-7-13-8-6-10/h9-12H,1-8H2. The van der Waals surface area contributed by atoms with Gasteiger partial charge in [0, 0.05) is 13.2 Å². The molecule has 0 radical (unpaired) electrons. The molecule has 2 rings (SSSR count). The minimum atomic E-state index is -0.0357. The van der Waals surface area contributed by atoms with Crippen LogP contribution >= 0.6 is 0 Å². The highest BCUT2D eigenvalue weighted by molar-refractivity contribution is 4.81. The van der Waals surface area contributed by atoms with Gasteiger partial charge in [-0.25, -0.2) is 0 Å². The fourth-order valence-corrected chi connectivity index (χ4v) is 2.74. The van der Waals surface area contributed by atoms with E-state index in [0.29, 0.717) is 11.8 Å². The second kappa shape index (κ2) is 4.43. The van der Waals surface area contributed by atoms with Crippen molar-refractivity contribution in [3.05, 3.63) is 0 Å². The molecule has 1 unspecified atom stereocenters. The van der Waals surface area contributed by atoms with Gasteiger partial charge in [-0.05, 0) is 37.5 Å². The quantitative estimate of drug-likeness (QED) is 0.711. The van der Waals surface area contributed by atoms with Gasteiger partial charge in [0.2, 0.25) is 0 Å². The van der Waals surface area contributed by atoms with Gasteiger partial charge in [0.15, 0.2) is 0 Å². The molecule has 1 N–H and O–H groups in total. The van der Waals surface area contributed by atoms with Crippen molar-refractivity contribution in [2.45, 2.75) is 44.6 Å². The lowest BCUT2D eigenvalue weighted by molar-refractivity contribution is -0.0160.